The molecule has 0 bridgehead atoms. The highest BCUT2D eigenvalue weighted by Crippen LogP contribution is 2.42. The second-order valence-corrected chi connectivity index (χ2v) is 6.72. The minimum Gasteiger partial charge on any atom is -0.507 e. The molecule has 0 radical (unpaired) electrons. The SMILES string of the molecule is O=C1C(=O)N(c2ccc([N+](=O)[O-])cc2)C(c2ccccc2)C1=C(O)c1ccccc1. The van der Waals surface area contributed by atoms with Gasteiger partial charge in [0.2, 0.25) is 0 Å². The maximum atomic E-state index is 13.0. The first-order valence-corrected chi connectivity index (χ1v) is 9.15. The first kappa shape index (κ1) is 19.1. The molecule has 1 amide bonds. The van der Waals surface area contributed by atoms with E-state index in [0.717, 1.165) is 0 Å². The van der Waals surface area contributed by atoms with E-state index in [4.69, 9.17) is 0 Å². The highest BCUT2D eigenvalue weighted by molar-refractivity contribution is 6.51. The number of hydrogen-bond donors (Lipinski definition) is 1. The highest BCUT2D eigenvalue weighted by Gasteiger charge is 2.46. The number of nitro benzene ring substituents is 1. The monoisotopic (exact) mass is 400 g/mol. The molecule has 0 spiro atoms. The number of ketones is 1. The van der Waals surface area contributed by atoms with Crippen molar-refractivity contribution >= 4 is 28.8 Å². The molecule has 7 nitrogen and oxygen atoms in total. The van der Waals surface area contributed by atoms with E-state index >= 15 is 0 Å². The Morgan fingerprint density at radius 2 is 1.43 bits per heavy atom. The molecular formula is C23H16N2O5. The molecule has 1 N–H and O–H groups in total. The van der Waals surface area contributed by atoms with Gasteiger partial charge in [0.05, 0.1) is 16.5 Å². The van der Waals surface area contributed by atoms with Crippen LogP contribution in [-0.4, -0.2) is 21.7 Å². The third-order valence-corrected chi connectivity index (χ3v) is 4.95. The van der Waals surface area contributed by atoms with Gasteiger partial charge in [0, 0.05) is 23.4 Å². The van der Waals surface area contributed by atoms with E-state index in [1.54, 1.807) is 60.7 Å². The molecule has 3 aromatic carbocycles. The second-order valence-electron chi connectivity index (χ2n) is 6.72. The Morgan fingerprint density at radius 1 is 0.867 bits per heavy atom. The lowest BCUT2D eigenvalue weighted by atomic mass is 9.95. The third kappa shape index (κ3) is 3.22. The molecule has 148 valence electrons. The number of nitrogens with zero attached hydrogens (tertiary/aromatic N) is 2. The standard InChI is InChI=1S/C23H16N2O5/c26-21(16-9-5-2-6-10-16)19-20(15-7-3-1-4-8-15)24(23(28)22(19)27)17-11-13-18(14-12-17)25(29)30/h1-14,20,26H. The molecule has 0 saturated carbocycles. The molecule has 1 heterocycles. The maximum absolute atomic E-state index is 13.0. The zero-order chi connectivity index (χ0) is 21.3. The van der Waals surface area contributed by atoms with Gasteiger partial charge in [-0.05, 0) is 17.7 Å². The fourth-order valence-corrected chi connectivity index (χ4v) is 3.54. The van der Waals surface area contributed by atoms with Crippen LogP contribution in [-0.2, 0) is 9.59 Å². The van der Waals surface area contributed by atoms with Crippen molar-refractivity contribution in [3.63, 3.8) is 0 Å². The summed E-state index contributed by atoms with van der Waals surface area (Å²) in [4.78, 5) is 37.6. The molecule has 0 aliphatic carbocycles. The number of amides is 1. The van der Waals surface area contributed by atoms with Gasteiger partial charge in [-0.15, -0.1) is 0 Å². The number of aliphatic hydroxyl groups is 1. The van der Waals surface area contributed by atoms with Crippen LogP contribution < -0.4 is 4.90 Å². The molecule has 0 aromatic heterocycles. The fraction of sp³-hybridized carbons (Fsp3) is 0.0435. The number of Topliss-reactive ketones (excluding diaryl/α,β-unsaturated/α-hetero) is 1. The van der Waals surface area contributed by atoms with Crippen LogP contribution in [0.1, 0.15) is 17.2 Å². The van der Waals surface area contributed by atoms with Crippen molar-refractivity contribution < 1.29 is 19.6 Å². The van der Waals surface area contributed by atoms with Crippen molar-refractivity contribution in [3.8, 4) is 0 Å². The minimum atomic E-state index is -0.868. The summed E-state index contributed by atoms with van der Waals surface area (Å²) in [5.74, 6) is -1.90. The molecule has 1 atom stereocenters. The predicted molar refractivity (Wildman–Crippen MR) is 111 cm³/mol. The summed E-state index contributed by atoms with van der Waals surface area (Å²) in [6, 6.07) is 21.9. The Hall–Kier alpha value is -4.26. The first-order valence-electron chi connectivity index (χ1n) is 9.15. The summed E-state index contributed by atoms with van der Waals surface area (Å²) in [6.45, 7) is 0. The average Bonchev–Trinajstić information content (AvgIpc) is 3.05. The quantitative estimate of drug-likeness (QED) is 0.232. The molecule has 1 fully saturated rings. The van der Waals surface area contributed by atoms with Crippen molar-refractivity contribution in [1.82, 2.24) is 0 Å². The fourth-order valence-electron chi connectivity index (χ4n) is 3.54. The number of carbonyl (C=O) groups excluding carboxylic acids is 2. The normalized spacial score (nSPS) is 17.9. The summed E-state index contributed by atoms with van der Waals surface area (Å²) in [7, 11) is 0. The Morgan fingerprint density at radius 3 is 2.00 bits per heavy atom. The van der Waals surface area contributed by atoms with Crippen LogP contribution in [0.4, 0.5) is 11.4 Å². The van der Waals surface area contributed by atoms with E-state index in [0.29, 0.717) is 16.8 Å². The lowest BCUT2D eigenvalue weighted by Gasteiger charge is -2.25. The van der Waals surface area contributed by atoms with Crippen molar-refractivity contribution in [3.05, 3.63) is 112 Å². The average molecular weight is 400 g/mol. The maximum Gasteiger partial charge on any atom is 0.300 e. The molecular weight excluding hydrogens is 384 g/mol. The van der Waals surface area contributed by atoms with Crippen molar-refractivity contribution in [1.29, 1.82) is 0 Å². The summed E-state index contributed by atoms with van der Waals surface area (Å²) < 4.78 is 0. The van der Waals surface area contributed by atoms with Gasteiger partial charge in [0.15, 0.2) is 0 Å². The van der Waals surface area contributed by atoms with E-state index in [1.165, 1.54) is 29.2 Å². The van der Waals surface area contributed by atoms with Crippen LogP contribution in [0.3, 0.4) is 0 Å². The Kier molecular flexibility index (Phi) is 4.85. The summed E-state index contributed by atoms with van der Waals surface area (Å²) in [5, 5.41) is 21.9. The van der Waals surface area contributed by atoms with Crippen LogP contribution in [0.25, 0.3) is 5.76 Å². The second kappa shape index (κ2) is 7.63. The number of non-ortho nitro benzene ring substituents is 1. The zero-order valence-electron chi connectivity index (χ0n) is 15.6. The summed E-state index contributed by atoms with van der Waals surface area (Å²) in [6.07, 6.45) is 0. The largest absolute Gasteiger partial charge is 0.507 e. The third-order valence-electron chi connectivity index (χ3n) is 4.95. The van der Waals surface area contributed by atoms with Gasteiger partial charge in [-0.3, -0.25) is 24.6 Å². The number of benzene rings is 3. The summed E-state index contributed by atoms with van der Waals surface area (Å²) in [5.41, 5.74) is 1.21. The Bertz CT molecular complexity index is 1160. The van der Waals surface area contributed by atoms with E-state index in [9.17, 15) is 24.8 Å². The molecule has 1 unspecified atom stereocenters. The smallest absolute Gasteiger partial charge is 0.300 e. The number of anilines is 1. The highest BCUT2D eigenvalue weighted by atomic mass is 16.6. The molecule has 3 aromatic rings. The van der Waals surface area contributed by atoms with Gasteiger partial charge in [0.25, 0.3) is 17.4 Å². The van der Waals surface area contributed by atoms with Crippen LogP contribution >= 0.6 is 0 Å². The molecule has 30 heavy (non-hydrogen) atoms. The van der Waals surface area contributed by atoms with E-state index in [2.05, 4.69) is 0 Å². The van der Waals surface area contributed by atoms with E-state index in [1.807, 2.05) is 0 Å². The zero-order valence-corrected chi connectivity index (χ0v) is 15.6. The van der Waals surface area contributed by atoms with Crippen molar-refractivity contribution in [2.45, 2.75) is 6.04 Å². The van der Waals surface area contributed by atoms with Gasteiger partial charge in [-0.1, -0.05) is 60.7 Å². The van der Waals surface area contributed by atoms with Gasteiger partial charge in [0.1, 0.15) is 5.76 Å². The van der Waals surface area contributed by atoms with Gasteiger partial charge >= 0.3 is 0 Å². The lowest BCUT2D eigenvalue weighted by molar-refractivity contribution is -0.384. The Labute approximate surface area is 171 Å². The van der Waals surface area contributed by atoms with Crippen molar-refractivity contribution in [2.24, 2.45) is 0 Å². The van der Waals surface area contributed by atoms with E-state index in [-0.39, 0.29) is 17.0 Å². The molecule has 7 heteroatoms. The number of aliphatic hydroxyl groups excluding tert-OH is 1. The number of rotatable bonds is 4. The molecule has 1 aliphatic heterocycles. The minimum absolute atomic E-state index is 0.0317. The topological polar surface area (TPSA) is 101 Å². The van der Waals surface area contributed by atoms with Crippen LogP contribution in [0.15, 0.2) is 90.5 Å². The molecule has 4 rings (SSSR count). The number of hydrogen-bond acceptors (Lipinski definition) is 5. The predicted octanol–water partition coefficient (Wildman–Crippen LogP) is 4.22. The van der Waals surface area contributed by atoms with Crippen LogP contribution in [0.2, 0.25) is 0 Å². The van der Waals surface area contributed by atoms with Gasteiger partial charge in [-0.25, -0.2) is 0 Å². The summed E-state index contributed by atoms with van der Waals surface area (Å²) >= 11 is 0. The first-order chi connectivity index (χ1) is 14.5. The van der Waals surface area contributed by atoms with Crippen LogP contribution in [0.5, 0.6) is 0 Å². The number of nitro groups is 1. The lowest BCUT2D eigenvalue weighted by Crippen LogP contribution is -2.29. The van der Waals surface area contributed by atoms with Crippen molar-refractivity contribution in [2.75, 3.05) is 4.90 Å². The molecule has 1 aliphatic rings. The molecule has 1 saturated heterocycles. The van der Waals surface area contributed by atoms with Gasteiger partial charge in [-0.2, -0.15) is 0 Å². The number of carbonyl (C=O) groups is 2. The Balaban J connectivity index is 1.91. The van der Waals surface area contributed by atoms with E-state index < -0.39 is 22.7 Å². The van der Waals surface area contributed by atoms with Crippen LogP contribution in [0, 0.1) is 10.1 Å². The van der Waals surface area contributed by atoms with Gasteiger partial charge < -0.3 is 5.11 Å².